The number of fused-ring (bicyclic) bond motifs is 1. The van der Waals surface area contributed by atoms with Gasteiger partial charge in [0.05, 0.1) is 11.6 Å². The summed E-state index contributed by atoms with van der Waals surface area (Å²) in [6, 6.07) is 5.45. The summed E-state index contributed by atoms with van der Waals surface area (Å²) in [6.45, 7) is 2.42. The molecule has 1 aromatic carbocycles. The second-order valence-electron chi connectivity index (χ2n) is 3.33. The first-order valence-corrected chi connectivity index (χ1v) is 5.19. The van der Waals surface area contributed by atoms with Gasteiger partial charge in [-0.1, -0.05) is 15.9 Å². The molecule has 0 fully saturated rings. The normalized spacial score (nSPS) is 20.4. The fourth-order valence-corrected chi connectivity index (χ4v) is 1.70. The Labute approximate surface area is 90.6 Å². The largest absolute Gasteiger partial charge is 0.491 e. The molecule has 1 aliphatic heterocycles. The van der Waals surface area contributed by atoms with Gasteiger partial charge in [0, 0.05) is 4.47 Å². The van der Waals surface area contributed by atoms with Crippen molar-refractivity contribution in [3.63, 3.8) is 0 Å². The van der Waals surface area contributed by atoms with E-state index in [1.54, 1.807) is 6.07 Å². The maximum absolute atomic E-state index is 11.6. The third-order valence-corrected chi connectivity index (χ3v) is 2.55. The topological polar surface area (TPSA) is 38.3 Å². The summed E-state index contributed by atoms with van der Waals surface area (Å²) >= 11 is 3.34. The fourth-order valence-electron chi connectivity index (χ4n) is 1.36. The molecule has 0 saturated heterocycles. The number of benzene rings is 1. The summed E-state index contributed by atoms with van der Waals surface area (Å²) in [4.78, 5) is 11.6. The minimum absolute atomic E-state index is 0.0497. The maximum Gasteiger partial charge on any atom is 0.255 e. The highest BCUT2D eigenvalue weighted by Crippen LogP contribution is 2.25. The lowest BCUT2D eigenvalue weighted by Gasteiger charge is -2.07. The van der Waals surface area contributed by atoms with Crippen molar-refractivity contribution in [2.24, 2.45) is 0 Å². The molecule has 1 amide bonds. The van der Waals surface area contributed by atoms with E-state index in [1.807, 2.05) is 19.1 Å². The Morgan fingerprint density at radius 2 is 2.36 bits per heavy atom. The quantitative estimate of drug-likeness (QED) is 0.770. The third kappa shape index (κ3) is 1.75. The molecule has 4 heteroatoms. The molecule has 1 heterocycles. The van der Waals surface area contributed by atoms with Crippen molar-refractivity contribution in [2.75, 3.05) is 6.61 Å². The van der Waals surface area contributed by atoms with Gasteiger partial charge in [-0.05, 0) is 25.1 Å². The van der Waals surface area contributed by atoms with E-state index in [0.29, 0.717) is 17.9 Å². The summed E-state index contributed by atoms with van der Waals surface area (Å²) in [5.74, 6) is 0.568. The van der Waals surface area contributed by atoms with E-state index in [1.165, 1.54) is 0 Å². The van der Waals surface area contributed by atoms with E-state index in [2.05, 4.69) is 21.2 Å². The van der Waals surface area contributed by atoms with Gasteiger partial charge in [0.1, 0.15) is 12.4 Å². The molecule has 0 unspecified atom stereocenters. The van der Waals surface area contributed by atoms with Crippen LogP contribution in [0.4, 0.5) is 0 Å². The van der Waals surface area contributed by atoms with Crippen LogP contribution in [0.15, 0.2) is 22.7 Å². The van der Waals surface area contributed by atoms with Crippen molar-refractivity contribution in [1.82, 2.24) is 5.32 Å². The molecule has 0 bridgehead atoms. The molecule has 0 saturated carbocycles. The van der Waals surface area contributed by atoms with Gasteiger partial charge in [-0.25, -0.2) is 0 Å². The van der Waals surface area contributed by atoms with Crippen molar-refractivity contribution >= 4 is 21.8 Å². The molecule has 74 valence electrons. The molecular weight excluding hydrogens is 246 g/mol. The molecule has 2 rings (SSSR count). The first kappa shape index (κ1) is 9.52. The smallest absolute Gasteiger partial charge is 0.255 e. The standard InChI is InChI=1S/C10H10BrNO2/c1-6-5-14-9-4-7(11)2-3-8(9)10(13)12-6/h2-4,6H,5H2,1H3,(H,12,13)/t6-/m1/s1. The number of rotatable bonds is 0. The summed E-state index contributed by atoms with van der Waals surface area (Å²) in [7, 11) is 0. The zero-order valence-corrected chi connectivity index (χ0v) is 9.30. The Bertz CT molecular complexity index is 378. The van der Waals surface area contributed by atoms with E-state index in [4.69, 9.17) is 4.74 Å². The number of amides is 1. The van der Waals surface area contributed by atoms with Crippen molar-refractivity contribution in [2.45, 2.75) is 13.0 Å². The second-order valence-corrected chi connectivity index (χ2v) is 4.24. The lowest BCUT2D eigenvalue weighted by Crippen LogP contribution is -2.33. The van der Waals surface area contributed by atoms with E-state index < -0.39 is 0 Å². The van der Waals surface area contributed by atoms with E-state index in [0.717, 1.165) is 4.47 Å². The summed E-state index contributed by atoms with van der Waals surface area (Å²) < 4.78 is 6.41. The zero-order chi connectivity index (χ0) is 10.1. The Kier molecular flexibility index (Phi) is 2.46. The first-order valence-electron chi connectivity index (χ1n) is 4.40. The summed E-state index contributed by atoms with van der Waals surface area (Å²) in [5, 5.41) is 2.84. The third-order valence-electron chi connectivity index (χ3n) is 2.05. The average Bonchev–Trinajstić information content (AvgIpc) is 2.26. The Hall–Kier alpha value is -1.03. The molecule has 1 atom stereocenters. The molecule has 0 radical (unpaired) electrons. The fraction of sp³-hybridized carbons (Fsp3) is 0.300. The van der Waals surface area contributed by atoms with Crippen LogP contribution in [-0.4, -0.2) is 18.6 Å². The highest BCUT2D eigenvalue weighted by Gasteiger charge is 2.19. The summed E-state index contributed by atoms with van der Waals surface area (Å²) in [6.07, 6.45) is 0. The molecule has 3 nitrogen and oxygen atoms in total. The van der Waals surface area contributed by atoms with Gasteiger partial charge in [0.15, 0.2) is 0 Å². The first-order chi connectivity index (χ1) is 6.66. The molecular formula is C10H10BrNO2. The van der Waals surface area contributed by atoms with Gasteiger partial charge < -0.3 is 10.1 Å². The number of hydrogen-bond donors (Lipinski definition) is 1. The Morgan fingerprint density at radius 3 is 3.14 bits per heavy atom. The van der Waals surface area contributed by atoms with Gasteiger partial charge in [-0.15, -0.1) is 0 Å². The van der Waals surface area contributed by atoms with Crippen molar-refractivity contribution in [3.05, 3.63) is 28.2 Å². The van der Waals surface area contributed by atoms with Crippen LogP contribution in [0.1, 0.15) is 17.3 Å². The SMILES string of the molecule is C[C@@H]1COc2cc(Br)ccc2C(=O)N1. The predicted octanol–water partition coefficient (Wildman–Crippen LogP) is 1.96. The average molecular weight is 256 g/mol. The van der Waals surface area contributed by atoms with Gasteiger partial charge in [-0.2, -0.15) is 0 Å². The minimum Gasteiger partial charge on any atom is -0.491 e. The predicted molar refractivity (Wildman–Crippen MR) is 56.6 cm³/mol. The highest BCUT2D eigenvalue weighted by atomic mass is 79.9. The zero-order valence-electron chi connectivity index (χ0n) is 7.71. The van der Waals surface area contributed by atoms with Crippen molar-refractivity contribution in [3.8, 4) is 5.75 Å². The number of carbonyl (C=O) groups excluding carboxylic acids is 1. The van der Waals surface area contributed by atoms with Crippen LogP contribution in [0, 0.1) is 0 Å². The second kappa shape index (κ2) is 3.61. The molecule has 0 aromatic heterocycles. The molecule has 0 aliphatic carbocycles. The monoisotopic (exact) mass is 255 g/mol. The van der Waals surface area contributed by atoms with Crippen molar-refractivity contribution in [1.29, 1.82) is 0 Å². The van der Waals surface area contributed by atoms with Crippen LogP contribution in [0.25, 0.3) is 0 Å². The lowest BCUT2D eigenvalue weighted by atomic mass is 10.2. The van der Waals surface area contributed by atoms with Gasteiger partial charge in [0.25, 0.3) is 5.91 Å². The highest BCUT2D eigenvalue weighted by molar-refractivity contribution is 9.10. The van der Waals surface area contributed by atoms with Crippen LogP contribution < -0.4 is 10.1 Å². The number of hydrogen-bond acceptors (Lipinski definition) is 2. The van der Waals surface area contributed by atoms with Crippen LogP contribution >= 0.6 is 15.9 Å². The van der Waals surface area contributed by atoms with Crippen LogP contribution in [0.5, 0.6) is 5.75 Å². The Balaban J connectivity index is 2.43. The number of halogens is 1. The molecule has 1 aliphatic rings. The van der Waals surface area contributed by atoms with Gasteiger partial charge in [-0.3, -0.25) is 4.79 Å². The molecule has 1 aromatic rings. The number of carbonyl (C=O) groups is 1. The molecule has 1 N–H and O–H groups in total. The number of ether oxygens (including phenoxy) is 1. The van der Waals surface area contributed by atoms with Gasteiger partial charge >= 0.3 is 0 Å². The van der Waals surface area contributed by atoms with Gasteiger partial charge in [0.2, 0.25) is 0 Å². The van der Waals surface area contributed by atoms with Crippen LogP contribution in [0.2, 0.25) is 0 Å². The van der Waals surface area contributed by atoms with Crippen LogP contribution in [0.3, 0.4) is 0 Å². The van der Waals surface area contributed by atoms with Crippen LogP contribution in [-0.2, 0) is 0 Å². The van der Waals surface area contributed by atoms with Crippen molar-refractivity contribution < 1.29 is 9.53 Å². The molecule has 0 spiro atoms. The minimum atomic E-state index is -0.0718. The Morgan fingerprint density at radius 1 is 1.57 bits per heavy atom. The summed E-state index contributed by atoms with van der Waals surface area (Å²) in [5.41, 5.74) is 0.595. The van der Waals surface area contributed by atoms with E-state index >= 15 is 0 Å². The molecule has 14 heavy (non-hydrogen) atoms. The number of nitrogens with one attached hydrogen (secondary N) is 1. The lowest BCUT2D eigenvalue weighted by molar-refractivity contribution is 0.0942. The van der Waals surface area contributed by atoms with E-state index in [9.17, 15) is 4.79 Å². The van der Waals surface area contributed by atoms with E-state index in [-0.39, 0.29) is 11.9 Å². The maximum atomic E-state index is 11.6.